The maximum absolute atomic E-state index is 12.4. The SMILES string of the molecule is CCCCC1CCC(C(=O)Nc2nc3sc(C)c(C)n3n2)CC1. The Morgan fingerprint density at radius 2 is 2.04 bits per heavy atom. The van der Waals surface area contributed by atoms with E-state index in [4.69, 9.17) is 0 Å². The van der Waals surface area contributed by atoms with Gasteiger partial charge in [-0.05, 0) is 45.4 Å². The lowest BCUT2D eigenvalue weighted by Crippen LogP contribution is -2.27. The number of anilines is 1. The average molecular weight is 334 g/mol. The van der Waals surface area contributed by atoms with Crippen LogP contribution in [0.15, 0.2) is 0 Å². The summed E-state index contributed by atoms with van der Waals surface area (Å²) in [6.07, 6.45) is 8.27. The molecule has 1 fully saturated rings. The lowest BCUT2D eigenvalue weighted by Gasteiger charge is -2.27. The van der Waals surface area contributed by atoms with Crippen molar-refractivity contribution >= 4 is 28.2 Å². The van der Waals surface area contributed by atoms with E-state index in [1.165, 1.54) is 37.0 Å². The second-order valence-corrected chi connectivity index (χ2v) is 7.90. The van der Waals surface area contributed by atoms with Gasteiger partial charge in [-0.3, -0.25) is 10.1 Å². The highest BCUT2D eigenvalue weighted by atomic mass is 32.1. The van der Waals surface area contributed by atoms with Crippen LogP contribution in [-0.2, 0) is 4.79 Å². The lowest BCUT2D eigenvalue weighted by molar-refractivity contribution is -0.121. The first-order valence-corrected chi connectivity index (χ1v) is 9.53. The Hall–Kier alpha value is -1.43. The van der Waals surface area contributed by atoms with Gasteiger partial charge in [0.1, 0.15) is 0 Å². The van der Waals surface area contributed by atoms with Gasteiger partial charge in [-0.15, -0.1) is 5.10 Å². The fraction of sp³-hybridized carbons (Fsp3) is 0.706. The molecule has 0 aliphatic heterocycles. The average Bonchev–Trinajstić information content (AvgIpc) is 3.05. The maximum Gasteiger partial charge on any atom is 0.250 e. The highest BCUT2D eigenvalue weighted by Gasteiger charge is 2.26. The standard InChI is InChI=1S/C17H26N4OS/c1-4-5-6-13-7-9-14(10-8-13)15(22)18-16-19-17-21(20-16)11(2)12(3)23-17/h13-14H,4-10H2,1-3H3,(H,18,20,22). The van der Waals surface area contributed by atoms with E-state index >= 15 is 0 Å². The van der Waals surface area contributed by atoms with Crippen LogP contribution < -0.4 is 5.32 Å². The van der Waals surface area contributed by atoms with Crippen molar-refractivity contribution in [2.75, 3.05) is 5.32 Å². The molecule has 126 valence electrons. The molecule has 0 saturated heterocycles. The first-order chi connectivity index (χ1) is 11.1. The van der Waals surface area contributed by atoms with Crippen LogP contribution in [0.25, 0.3) is 4.96 Å². The van der Waals surface area contributed by atoms with Crippen molar-refractivity contribution in [3.63, 3.8) is 0 Å². The molecule has 1 aliphatic rings. The molecule has 0 spiro atoms. The zero-order chi connectivity index (χ0) is 16.4. The molecule has 2 aromatic rings. The summed E-state index contributed by atoms with van der Waals surface area (Å²) in [7, 11) is 0. The number of aromatic nitrogens is 3. The van der Waals surface area contributed by atoms with Crippen molar-refractivity contribution in [2.45, 2.75) is 65.7 Å². The molecule has 2 aromatic heterocycles. The summed E-state index contributed by atoms with van der Waals surface area (Å²) < 4.78 is 1.82. The number of carbonyl (C=O) groups excluding carboxylic acids is 1. The van der Waals surface area contributed by atoms with Crippen LogP contribution in [0.3, 0.4) is 0 Å². The molecule has 0 aromatic carbocycles. The molecule has 1 N–H and O–H groups in total. The predicted octanol–water partition coefficient (Wildman–Crippen LogP) is 4.34. The summed E-state index contributed by atoms with van der Waals surface area (Å²) in [6.45, 7) is 6.33. The smallest absolute Gasteiger partial charge is 0.250 e. The van der Waals surface area contributed by atoms with Crippen LogP contribution in [0.5, 0.6) is 0 Å². The third-order valence-electron chi connectivity index (χ3n) is 5.07. The molecule has 0 bridgehead atoms. The van der Waals surface area contributed by atoms with Gasteiger partial charge in [0.2, 0.25) is 16.8 Å². The molecule has 1 aliphatic carbocycles. The number of nitrogens with zero attached hydrogens (tertiary/aromatic N) is 3. The third kappa shape index (κ3) is 3.57. The van der Waals surface area contributed by atoms with Gasteiger partial charge < -0.3 is 0 Å². The van der Waals surface area contributed by atoms with Crippen molar-refractivity contribution in [3.05, 3.63) is 10.6 Å². The minimum absolute atomic E-state index is 0.0894. The molecular formula is C17H26N4OS. The Bertz CT molecular complexity index is 682. The Morgan fingerprint density at radius 1 is 1.30 bits per heavy atom. The Morgan fingerprint density at radius 3 is 2.70 bits per heavy atom. The summed E-state index contributed by atoms with van der Waals surface area (Å²) >= 11 is 1.61. The van der Waals surface area contributed by atoms with Crippen LogP contribution in [-0.4, -0.2) is 20.5 Å². The summed E-state index contributed by atoms with van der Waals surface area (Å²) in [6, 6.07) is 0. The van der Waals surface area contributed by atoms with E-state index in [0.717, 1.165) is 29.4 Å². The Labute approximate surface area is 141 Å². The van der Waals surface area contributed by atoms with Crippen molar-refractivity contribution < 1.29 is 4.79 Å². The second kappa shape index (κ2) is 6.99. The quantitative estimate of drug-likeness (QED) is 0.884. The van der Waals surface area contributed by atoms with Crippen molar-refractivity contribution in [3.8, 4) is 0 Å². The van der Waals surface area contributed by atoms with Gasteiger partial charge in [0.05, 0.1) is 5.69 Å². The Balaban J connectivity index is 1.56. The highest BCUT2D eigenvalue weighted by molar-refractivity contribution is 7.17. The maximum atomic E-state index is 12.4. The number of hydrogen-bond acceptors (Lipinski definition) is 4. The number of carbonyl (C=O) groups is 1. The van der Waals surface area contributed by atoms with Gasteiger partial charge in [0.25, 0.3) is 0 Å². The molecule has 3 rings (SSSR count). The molecule has 2 heterocycles. The summed E-state index contributed by atoms with van der Waals surface area (Å²) in [5, 5.41) is 7.32. The normalized spacial score (nSPS) is 21.7. The molecule has 6 heteroatoms. The minimum atomic E-state index is 0.0894. The van der Waals surface area contributed by atoms with Crippen molar-refractivity contribution in [2.24, 2.45) is 11.8 Å². The fourth-order valence-corrected chi connectivity index (χ4v) is 4.32. The number of amides is 1. The fourth-order valence-electron chi connectivity index (χ4n) is 3.41. The monoisotopic (exact) mass is 334 g/mol. The topological polar surface area (TPSA) is 59.3 Å². The molecule has 0 unspecified atom stereocenters. The Kier molecular flexibility index (Phi) is 4.99. The summed E-state index contributed by atoms with van der Waals surface area (Å²) in [5.74, 6) is 1.47. The molecule has 5 nitrogen and oxygen atoms in total. The molecular weight excluding hydrogens is 308 g/mol. The van der Waals surface area contributed by atoms with E-state index in [9.17, 15) is 4.79 Å². The number of nitrogens with one attached hydrogen (secondary N) is 1. The van der Waals surface area contributed by atoms with E-state index in [0.29, 0.717) is 5.95 Å². The number of unbranched alkanes of at least 4 members (excludes halogenated alkanes) is 1. The van der Waals surface area contributed by atoms with Gasteiger partial charge in [-0.1, -0.05) is 37.5 Å². The number of rotatable bonds is 5. The molecule has 1 amide bonds. The first kappa shape index (κ1) is 16.4. The number of thiazole rings is 1. The summed E-state index contributed by atoms with van der Waals surface area (Å²) in [4.78, 5) is 18.9. The first-order valence-electron chi connectivity index (χ1n) is 8.72. The predicted molar refractivity (Wildman–Crippen MR) is 93.9 cm³/mol. The number of hydrogen-bond donors (Lipinski definition) is 1. The van der Waals surface area contributed by atoms with Crippen LogP contribution in [0, 0.1) is 25.7 Å². The molecule has 0 atom stereocenters. The van der Waals surface area contributed by atoms with Crippen molar-refractivity contribution in [1.29, 1.82) is 0 Å². The van der Waals surface area contributed by atoms with Gasteiger partial charge in [0, 0.05) is 10.8 Å². The van der Waals surface area contributed by atoms with E-state index in [-0.39, 0.29) is 11.8 Å². The van der Waals surface area contributed by atoms with E-state index in [1.807, 2.05) is 11.4 Å². The van der Waals surface area contributed by atoms with E-state index in [2.05, 4.69) is 29.2 Å². The van der Waals surface area contributed by atoms with E-state index < -0.39 is 0 Å². The van der Waals surface area contributed by atoms with Gasteiger partial charge in [-0.25, -0.2) is 4.52 Å². The third-order valence-corrected chi connectivity index (χ3v) is 6.12. The van der Waals surface area contributed by atoms with Crippen LogP contribution in [0.1, 0.15) is 62.4 Å². The molecule has 1 saturated carbocycles. The van der Waals surface area contributed by atoms with Crippen LogP contribution in [0.2, 0.25) is 0 Å². The lowest BCUT2D eigenvalue weighted by atomic mass is 9.79. The minimum Gasteiger partial charge on any atom is -0.293 e. The molecule has 23 heavy (non-hydrogen) atoms. The van der Waals surface area contributed by atoms with Crippen LogP contribution >= 0.6 is 11.3 Å². The van der Waals surface area contributed by atoms with Gasteiger partial charge in [-0.2, -0.15) is 4.98 Å². The zero-order valence-electron chi connectivity index (χ0n) is 14.3. The number of aryl methyl sites for hydroxylation is 2. The number of fused-ring (bicyclic) bond motifs is 1. The largest absolute Gasteiger partial charge is 0.293 e. The highest BCUT2D eigenvalue weighted by Crippen LogP contribution is 2.32. The van der Waals surface area contributed by atoms with E-state index in [1.54, 1.807) is 11.3 Å². The molecule has 0 radical (unpaired) electrons. The second-order valence-electron chi connectivity index (χ2n) is 6.72. The van der Waals surface area contributed by atoms with Gasteiger partial charge >= 0.3 is 0 Å². The van der Waals surface area contributed by atoms with Gasteiger partial charge in [0.15, 0.2) is 0 Å². The van der Waals surface area contributed by atoms with Crippen molar-refractivity contribution in [1.82, 2.24) is 14.6 Å². The van der Waals surface area contributed by atoms with Crippen LogP contribution in [0.4, 0.5) is 5.95 Å². The zero-order valence-corrected chi connectivity index (χ0v) is 15.1. The summed E-state index contributed by atoms with van der Waals surface area (Å²) in [5.41, 5.74) is 1.09.